The van der Waals surface area contributed by atoms with Crippen molar-refractivity contribution in [1.29, 1.82) is 0 Å². The molecule has 134 valence electrons. The second-order valence-corrected chi connectivity index (χ2v) is 7.59. The minimum Gasteiger partial charge on any atom is -0.497 e. The van der Waals surface area contributed by atoms with Crippen LogP contribution in [0.15, 0.2) is 47.4 Å². The van der Waals surface area contributed by atoms with Gasteiger partial charge in [0.25, 0.3) is 15.9 Å². The lowest BCUT2D eigenvalue weighted by atomic mass is 10.1. The summed E-state index contributed by atoms with van der Waals surface area (Å²) in [7, 11) is -2.28. The van der Waals surface area contributed by atoms with Crippen LogP contribution >= 0.6 is 0 Å². The Balaban J connectivity index is 2.32. The van der Waals surface area contributed by atoms with E-state index in [0.717, 1.165) is 0 Å². The first-order valence-corrected chi connectivity index (χ1v) is 9.29. The molecule has 0 heterocycles. The van der Waals surface area contributed by atoms with E-state index in [9.17, 15) is 13.2 Å². The van der Waals surface area contributed by atoms with Crippen molar-refractivity contribution in [2.75, 3.05) is 11.8 Å². The van der Waals surface area contributed by atoms with E-state index in [-0.39, 0.29) is 16.8 Å². The van der Waals surface area contributed by atoms with Crippen molar-refractivity contribution in [2.24, 2.45) is 0 Å². The summed E-state index contributed by atoms with van der Waals surface area (Å²) in [5.41, 5.74) is 1.27. The van der Waals surface area contributed by atoms with E-state index in [1.54, 1.807) is 43.3 Å². The first kappa shape index (κ1) is 18.8. The number of hydrogen-bond donors (Lipinski definition) is 2. The molecule has 0 spiro atoms. The van der Waals surface area contributed by atoms with Gasteiger partial charge in [-0.15, -0.1) is 0 Å². The summed E-state index contributed by atoms with van der Waals surface area (Å²) in [6.07, 6.45) is 0. The average molecular weight is 362 g/mol. The van der Waals surface area contributed by atoms with Gasteiger partial charge in [0.05, 0.1) is 12.0 Å². The lowest BCUT2D eigenvalue weighted by Gasteiger charge is -2.13. The molecule has 0 radical (unpaired) electrons. The van der Waals surface area contributed by atoms with Gasteiger partial charge in [-0.05, 0) is 62.7 Å². The van der Waals surface area contributed by atoms with Crippen LogP contribution in [-0.4, -0.2) is 27.5 Å². The maximum atomic E-state index is 12.7. The Morgan fingerprint density at radius 1 is 1.08 bits per heavy atom. The van der Waals surface area contributed by atoms with Gasteiger partial charge in [-0.25, -0.2) is 8.42 Å². The lowest BCUT2D eigenvalue weighted by Crippen LogP contribution is -2.30. The summed E-state index contributed by atoms with van der Waals surface area (Å²) in [6, 6.07) is 11.1. The van der Waals surface area contributed by atoms with E-state index in [1.807, 2.05) is 13.8 Å². The van der Waals surface area contributed by atoms with Crippen molar-refractivity contribution in [1.82, 2.24) is 5.32 Å². The normalized spacial score (nSPS) is 11.2. The van der Waals surface area contributed by atoms with Crippen molar-refractivity contribution in [3.8, 4) is 5.75 Å². The van der Waals surface area contributed by atoms with Gasteiger partial charge in [-0.1, -0.05) is 6.07 Å². The second-order valence-electron chi connectivity index (χ2n) is 5.94. The maximum Gasteiger partial charge on any atom is 0.262 e. The number of carbonyl (C=O) groups is 1. The molecule has 0 aromatic heterocycles. The van der Waals surface area contributed by atoms with Gasteiger partial charge in [0, 0.05) is 17.3 Å². The SMILES string of the molecule is COc1ccc(NS(=O)(=O)c2cc(C(=O)NC(C)C)ccc2C)cc1. The number of aryl methyl sites for hydroxylation is 1. The van der Waals surface area contributed by atoms with Crippen LogP contribution in [0.3, 0.4) is 0 Å². The summed E-state index contributed by atoms with van der Waals surface area (Å²) < 4.78 is 33.0. The van der Waals surface area contributed by atoms with E-state index in [4.69, 9.17) is 4.74 Å². The van der Waals surface area contributed by atoms with E-state index in [2.05, 4.69) is 10.0 Å². The molecule has 0 aliphatic carbocycles. The first-order chi connectivity index (χ1) is 11.7. The molecule has 2 aromatic carbocycles. The molecule has 6 nitrogen and oxygen atoms in total. The Labute approximate surface area is 148 Å². The quantitative estimate of drug-likeness (QED) is 0.827. The van der Waals surface area contributed by atoms with Gasteiger partial charge in [-0.2, -0.15) is 0 Å². The monoisotopic (exact) mass is 362 g/mol. The first-order valence-electron chi connectivity index (χ1n) is 7.81. The van der Waals surface area contributed by atoms with Crippen LogP contribution in [-0.2, 0) is 10.0 Å². The molecule has 0 fully saturated rings. The molecule has 25 heavy (non-hydrogen) atoms. The van der Waals surface area contributed by atoms with Crippen LogP contribution in [0, 0.1) is 6.92 Å². The zero-order chi connectivity index (χ0) is 18.6. The number of methoxy groups -OCH3 is 1. The largest absolute Gasteiger partial charge is 0.497 e. The highest BCUT2D eigenvalue weighted by molar-refractivity contribution is 7.92. The van der Waals surface area contributed by atoms with E-state index in [1.165, 1.54) is 13.2 Å². The molecule has 0 unspecified atom stereocenters. The minimum absolute atomic E-state index is 0.0358. The van der Waals surface area contributed by atoms with E-state index in [0.29, 0.717) is 22.6 Å². The molecule has 0 saturated heterocycles. The van der Waals surface area contributed by atoms with E-state index < -0.39 is 10.0 Å². The van der Waals surface area contributed by atoms with Crippen molar-refractivity contribution in [3.05, 3.63) is 53.6 Å². The van der Waals surface area contributed by atoms with Crippen LogP contribution in [0.4, 0.5) is 5.69 Å². The summed E-state index contributed by atoms with van der Waals surface area (Å²) >= 11 is 0. The Morgan fingerprint density at radius 2 is 1.72 bits per heavy atom. The number of sulfonamides is 1. The number of ether oxygens (including phenoxy) is 1. The highest BCUT2D eigenvalue weighted by atomic mass is 32.2. The number of hydrogen-bond acceptors (Lipinski definition) is 4. The standard InChI is InChI=1S/C18H22N2O4S/c1-12(2)19-18(21)14-6-5-13(3)17(11-14)25(22,23)20-15-7-9-16(24-4)10-8-15/h5-12,20H,1-4H3,(H,19,21). The molecule has 2 rings (SSSR count). The Morgan fingerprint density at radius 3 is 2.28 bits per heavy atom. The molecule has 2 aromatic rings. The van der Waals surface area contributed by atoms with Gasteiger partial charge >= 0.3 is 0 Å². The molecule has 0 aliphatic rings. The topological polar surface area (TPSA) is 84.5 Å². The van der Waals surface area contributed by atoms with Gasteiger partial charge in [0.15, 0.2) is 0 Å². The molecule has 0 bridgehead atoms. The van der Waals surface area contributed by atoms with Gasteiger partial charge in [0.2, 0.25) is 0 Å². The van der Waals surface area contributed by atoms with Crippen LogP contribution in [0.25, 0.3) is 0 Å². The Bertz CT molecular complexity index is 859. The number of rotatable bonds is 6. The Kier molecular flexibility index (Phi) is 5.69. The summed E-state index contributed by atoms with van der Waals surface area (Å²) in [5, 5.41) is 2.75. The summed E-state index contributed by atoms with van der Waals surface area (Å²) in [5.74, 6) is 0.322. The third kappa shape index (κ3) is 4.73. The molecular formula is C18H22N2O4S. The Hall–Kier alpha value is -2.54. The van der Waals surface area contributed by atoms with Gasteiger partial charge < -0.3 is 10.1 Å². The highest BCUT2D eigenvalue weighted by Gasteiger charge is 2.19. The molecule has 1 amide bonds. The average Bonchev–Trinajstić information content (AvgIpc) is 2.54. The van der Waals surface area contributed by atoms with Crippen molar-refractivity contribution < 1.29 is 17.9 Å². The molecule has 0 saturated carbocycles. The zero-order valence-corrected chi connectivity index (χ0v) is 15.5. The maximum absolute atomic E-state index is 12.7. The molecule has 0 aliphatic heterocycles. The number of benzene rings is 2. The van der Waals surface area contributed by atoms with Gasteiger partial charge in [-0.3, -0.25) is 9.52 Å². The third-order valence-electron chi connectivity index (χ3n) is 3.50. The highest BCUT2D eigenvalue weighted by Crippen LogP contribution is 2.22. The van der Waals surface area contributed by atoms with Crippen LogP contribution in [0.5, 0.6) is 5.75 Å². The van der Waals surface area contributed by atoms with Crippen LogP contribution in [0.1, 0.15) is 29.8 Å². The smallest absolute Gasteiger partial charge is 0.262 e. The lowest BCUT2D eigenvalue weighted by molar-refractivity contribution is 0.0943. The molecule has 0 atom stereocenters. The third-order valence-corrected chi connectivity index (χ3v) is 5.03. The molecule has 7 heteroatoms. The number of amides is 1. The van der Waals surface area contributed by atoms with Crippen LogP contribution < -0.4 is 14.8 Å². The van der Waals surface area contributed by atoms with Crippen molar-refractivity contribution in [2.45, 2.75) is 31.7 Å². The zero-order valence-electron chi connectivity index (χ0n) is 14.7. The van der Waals surface area contributed by atoms with Crippen LogP contribution in [0.2, 0.25) is 0 Å². The number of nitrogens with one attached hydrogen (secondary N) is 2. The van der Waals surface area contributed by atoms with E-state index >= 15 is 0 Å². The summed E-state index contributed by atoms with van der Waals surface area (Å²) in [4.78, 5) is 12.2. The fraction of sp³-hybridized carbons (Fsp3) is 0.278. The predicted molar refractivity (Wildman–Crippen MR) is 97.6 cm³/mol. The predicted octanol–water partition coefficient (Wildman–Crippen LogP) is 2.94. The number of carbonyl (C=O) groups excluding carboxylic acids is 1. The summed E-state index contributed by atoms with van der Waals surface area (Å²) in [6.45, 7) is 5.37. The number of anilines is 1. The second kappa shape index (κ2) is 7.57. The molecular weight excluding hydrogens is 340 g/mol. The fourth-order valence-electron chi connectivity index (χ4n) is 2.25. The van der Waals surface area contributed by atoms with Gasteiger partial charge in [0.1, 0.15) is 5.75 Å². The fourth-order valence-corrected chi connectivity index (χ4v) is 3.58. The minimum atomic E-state index is -3.82. The van der Waals surface area contributed by atoms with Crippen molar-refractivity contribution >= 4 is 21.6 Å². The molecule has 2 N–H and O–H groups in total. The van der Waals surface area contributed by atoms with Crippen molar-refractivity contribution in [3.63, 3.8) is 0 Å².